The summed E-state index contributed by atoms with van der Waals surface area (Å²) in [5, 5.41) is 7.17. The summed E-state index contributed by atoms with van der Waals surface area (Å²) in [5.74, 6) is 0.758. The van der Waals surface area contributed by atoms with Gasteiger partial charge in [0.2, 0.25) is 5.91 Å². The van der Waals surface area contributed by atoms with E-state index in [0.717, 1.165) is 61.6 Å². The molecule has 0 radical (unpaired) electrons. The highest BCUT2D eigenvalue weighted by molar-refractivity contribution is 6.31. The second-order valence-corrected chi connectivity index (χ2v) is 11.7. The number of amides is 2. The first-order valence-electron chi connectivity index (χ1n) is 14.2. The van der Waals surface area contributed by atoms with E-state index in [0.29, 0.717) is 17.8 Å². The quantitative estimate of drug-likeness (QED) is 0.439. The molecule has 0 bridgehead atoms. The van der Waals surface area contributed by atoms with E-state index in [-0.39, 0.29) is 42.3 Å². The number of ether oxygens (including phenoxy) is 1. The first-order chi connectivity index (χ1) is 18.7. The topological polar surface area (TPSA) is 90.1 Å². The molecular formula is C30H40ClN5O3. The van der Waals surface area contributed by atoms with E-state index < -0.39 is 0 Å². The maximum atomic E-state index is 13.0. The smallest absolute Gasteiger partial charge is 0.251 e. The van der Waals surface area contributed by atoms with Crippen molar-refractivity contribution in [2.45, 2.75) is 96.8 Å². The van der Waals surface area contributed by atoms with Gasteiger partial charge in [0.05, 0.1) is 6.04 Å². The molecule has 8 nitrogen and oxygen atoms in total. The van der Waals surface area contributed by atoms with Crippen molar-refractivity contribution in [1.29, 1.82) is 0 Å². The lowest BCUT2D eigenvalue weighted by molar-refractivity contribution is -0.132. The van der Waals surface area contributed by atoms with Crippen LogP contribution in [0.1, 0.15) is 73.1 Å². The molecule has 2 amide bonds. The van der Waals surface area contributed by atoms with Crippen molar-refractivity contribution in [2.24, 2.45) is 0 Å². The predicted molar refractivity (Wildman–Crippen MR) is 153 cm³/mol. The highest BCUT2D eigenvalue weighted by Crippen LogP contribution is 2.38. The maximum Gasteiger partial charge on any atom is 0.251 e. The van der Waals surface area contributed by atoms with Crippen LogP contribution in [0.15, 0.2) is 30.3 Å². The average Bonchev–Trinajstić information content (AvgIpc) is 3.56. The highest BCUT2D eigenvalue weighted by Gasteiger charge is 2.52. The zero-order valence-corrected chi connectivity index (χ0v) is 24.1. The Morgan fingerprint density at radius 1 is 1.18 bits per heavy atom. The molecule has 39 heavy (non-hydrogen) atoms. The summed E-state index contributed by atoms with van der Waals surface area (Å²) in [4.78, 5) is 34.8. The minimum atomic E-state index is -0.212. The summed E-state index contributed by atoms with van der Waals surface area (Å²) in [6, 6.07) is 10.2. The summed E-state index contributed by atoms with van der Waals surface area (Å²) in [7, 11) is 0. The minimum Gasteiger partial charge on any atom is -0.350 e. The predicted octanol–water partition coefficient (Wildman–Crippen LogP) is 4.67. The van der Waals surface area contributed by atoms with Crippen LogP contribution in [0.2, 0.25) is 5.02 Å². The Kier molecular flexibility index (Phi) is 8.45. The number of carbonyl (C=O) groups excluding carboxylic acids is 2. The number of aromatic nitrogens is 1. The van der Waals surface area contributed by atoms with Crippen LogP contribution < -0.4 is 10.6 Å². The molecule has 1 aromatic carbocycles. The lowest BCUT2D eigenvalue weighted by Gasteiger charge is -2.39. The Morgan fingerprint density at radius 2 is 1.95 bits per heavy atom. The number of hydrogen-bond donors (Lipinski definition) is 2. The second-order valence-electron chi connectivity index (χ2n) is 11.3. The number of aryl methyl sites for hydroxylation is 2. The summed E-state index contributed by atoms with van der Waals surface area (Å²) in [5.41, 5.74) is 3.73. The average molecular weight is 554 g/mol. The largest absolute Gasteiger partial charge is 0.350 e. The van der Waals surface area contributed by atoms with Crippen LogP contribution in [0.25, 0.3) is 0 Å². The van der Waals surface area contributed by atoms with E-state index in [2.05, 4.69) is 37.6 Å². The third kappa shape index (κ3) is 6.56. The normalized spacial score (nSPS) is 24.6. The molecule has 3 fully saturated rings. The summed E-state index contributed by atoms with van der Waals surface area (Å²) in [6.07, 6.45) is 3.92. The zero-order valence-electron chi connectivity index (χ0n) is 23.4. The monoisotopic (exact) mass is 553 g/mol. The molecule has 210 valence electrons. The highest BCUT2D eigenvalue weighted by atomic mass is 35.5. The Bertz CT molecular complexity index is 1220. The van der Waals surface area contributed by atoms with Crippen LogP contribution in [0, 0.1) is 13.8 Å². The molecule has 0 spiro atoms. The van der Waals surface area contributed by atoms with Crippen LogP contribution in [0.3, 0.4) is 0 Å². The molecule has 9 heteroatoms. The number of anilines is 1. The van der Waals surface area contributed by atoms with Gasteiger partial charge in [-0.1, -0.05) is 30.7 Å². The van der Waals surface area contributed by atoms with Gasteiger partial charge in [-0.25, -0.2) is 4.98 Å². The molecule has 2 N–H and O–H groups in total. The van der Waals surface area contributed by atoms with Gasteiger partial charge in [-0.3, -0.25) is 14.5 Å². The van der Waals surface area contributed by atoms with Gasteiger partial charge in [0, 0.05) is 54.4 Å². The summed E-state index contributed by atoms with van der Waals surface area (Å²) in [6.45, 7) is 10.8. The van der Waals surface area contributed by atoms with Gasteiger partial charge >= 0.3 is 0 Å². The number of nitrogens with zero attached hydrogens (tertiary/aromatic N) is 3. The third-order valence-corrected chi connectivity index (χ3v) is 8.70. The number of benzene rings is 1. The van der Waals surface area contributed by atoms with Crippen molar-refractivity contribution in [2.75, 3.05) is 18.4 Å². The van der Waals surface area contributed by atoms with Crippen LogP contribution in [0.4, 0.5) is 5.82 Å². The Labute approximate surface area is 236 Å². The fraction of sp³-hybridized carbons (Fsp3) is 0.567. The number of pyridine rings is 1. The lowest BCUT2D eigenvalue weighted by Crippen LogP contribution is -2.50. The van der Waals surface area contributed by atoms with Crippen molar-refractivity contribution in [3.8, 4) is 0 Å². The second kappa shape index (κ2) is 11.8. The van der Waals surface area contributed by atoms with E-state index >= 15 is 0 Å². The molecular weight excluding hydrogens is 514 g/mol. The Balaban J connectivity index is 1.17. The van der Waals surface area contributed by atoms with Gasteiger partial charge in [0.25, 0.3) is 5.91 Å². The molecule has 3 aliphatic rings. The molecule has 3 aliphatic heterocycles. The number of epoxide rings is 1. The lowest BCUT2D eigenvalue weighted by atomic mass is 10.00. The number of rotatable bonds is 9. The Morgan fingerprint density at radius 3 is 2.67 bits per heavy atom. The molecule has 0 saturated carbocycles. The van der Waals surface area contributed by atoms with Gasteiger partial charge in [0.15, 0.2) is 6.23 Å². The third-order valence-electron chi connectivity index (χ3n) is 8.28. The first kappa shape index (κ1) is 27.9. The maximum absolute atomic E-state index is 13.0. The Hall–Kier alpha value is -2.68. The number of halogens is 1. The molecule has 1 aromatic heterocycles. The fourth-order valence-electron chi connectivity index (χ4n) is 5.90. The molecule has 3 unspecified atom stereocenters. The van der Waals surface area contributed by atoms with Crippen LogP contribution in [-0.4, -0.2) is 70.1 Å². The van der Waals surface area contributed by atoms with E-state index in [9.17, 15) is 9.59 Å². The SMILES string of the molecule is CCC(C)NC(=O)c1cc(C)nc(NC2OC2[C@H]2CCC(=O)N2C2CCN(Cc3ccc(Cl)c(C)c3)CC2)c1. The molecule has 5 rings (SSSR count). The van der Waals surface area contributed by atoms with E-state index in [1.807, 2.05) is 33.8 Å². The first-order valence-corrected chi connectivity index (χ1v) is 14.6. The summed E-state index contributed by atoms with van der Waals surface area (Å²) >= 11 is 6.19. The van der Waals surface area contributed by atoms with Crippen molar-refractivity contribution in [3.63, 3.8) is 0 Å². The molecule has 2 aromatic rings. The van der Waals surface area contributed by atoms with E-state index in [1.165, 1.54) is 5.56 Å². The van der Waals surface area contributed by atoms with E-state index in [4.69, 9.17) is 16.3 Å². The van der Waals surface area contributed by atoms with Gasteiger partial charge in [-0.05, 0) is 75.8 Å². The zero-order chi connectivity index (χ0) is 27.7. The van der Waals surface area contributed by atoms with Gasteiger partial charge in [0.1, 0.15) is 11.9 Å². The molecule has 3 saturated heterocycles. The molecule has 4 heterocycles. The molecule has 4 atom stereocenters. The van der Waals surface area contributed by atoms with Crippen LogP contribution >= 0.6 is 11.6 Å². The van der Waals surface area contributed by atoms with Crippen molar-refractivity contribution in [3.05, 3.63) is 57.7 Å². The van der Waals surface area contributed by atoms with Gasteiger partial charge < -0.3 is 20.3 Å². The van der Waals surface area contributed by atoms with Crippen molar-refractivity contribution >= 4 is 29.2 Å². The number of nitrogens with one attached hydrogen (secondary N) is 2. The minimum absolute atomic E-state index is 0.0637. The fourth-order valence-corrected chi connectivity index (χ4v) is 6.02. The van der Waals surface area contributed by atoms with Crippen molar-refractivity contribution < 1.29 is 14.3 Å². The van der Waals surface area contributed by atoms with Gasteiger partial charge in [-0.2, -0.15) is 0 Å². The standard InChI is InChI=1S/C30H40ClN5O3/c1-5-19(3)33-29(38)22-15-20(4)32-26(16-22)34-30-28(39-30)25-8-9-27(37)36(25)23-10-12-35(13-11-23)17-21-6-7-24(31)18(2)14-21/h6-7,14-16,19,23,25,28,30H,5,8-13,17H2,1-4H3,(H,32,34)(H,33,38)/t19?,25-,28?,30?/m1/s1. The van der Waals surface area contributed by atoms with E-state index in [1.54, 1.807) is 12.1 Å². The summed E-state index contributed by atoms with van der Waals surface area (Å²) < 4.78 is 6.05. The molecule has 0 aliphatic carbocycles. The number of likely N-dealkylation sites (tertiary alicyclic amines) is 2. The van der Waals surface area contributed by atoms with Gasteiger partial charge in [-0.15, -0.1) is 0 Å². The van der Waals surface area contributed by atoms with Crippen molar-refractivity contribution in [1.82, 2.24) is 20.1 Å². The van der Waals surface area contributed by atoms with Crippen LogP contribution in [-0.2, 0) is 16.1 Å². The number of piperidine rings is 1. The van der Waals surface area contributed by atoms with Crippen LogP contribution in [0.5, 0.6) is 0 Å². The number of carbonyl (C=O) groups is 2. The number of hydrogen-bond acceptors (Lipinski definition) is 6.